The number of nitrogens with zero attached hydrogens (tertiary/aromatic N) is 3. The van der Waals surface area contributed by atoms with Gasteiger partial charge in [0.15, 0.2) is 0 Å². The fraction of sp³-hybridized carbons (Fsp3) is 0.667. The first-order chi connectivity index (χ1) is 10.1. The zero-order chi connectivity index (χ0) is 15.4. The molecule has 2 amide bonds. The molecule has 116 valence electrons. The third-order valence-corrected chi connectivity index (χ3v) is 4.23. The third-order valence-electron chi connectivity index (χ3n) is 4.23. The van der Waals surface area contributed by atoms with Crippen LogP contribution in [0.3, 0.4) is 0 Å². The molecule has 0 spiro atoms. The van der Waals surface area contributed by atoms with E-state index in [-0.39, 0.29) is 23.8 Å². The van der Waals surface area contributed by atoms with E-state index in [9.17, 15) is 9.59 Å². The summed E-state index contributed by atoms with van der Waals surface area (Å²) < 4.78 is 0. The Balaban J connectivity index is 1.96. The van der Waals surface area contributed by atoms with Crippen molar-refractivity contribution in [3.05, 3.63) is 18.0 Å². The van der Waals surface area contributed by atoms with Crippen molar-refractivity contribution in [2.45, 2.75) is 45.7 Å². The Morgan fingerprint density at radius 1 is 1.52 bits per heavy atom. The van der Waals surface area contributed by atoms with Crippen molar-refractivity contribution in [1.29, 1.82) is 0 Å². The van der Waals surface area contributed by atoms with Gasteiger partial charge in [-0.1, -0.05) is 13.8 Å². The maximum absolute atomic E-state index is 12.5. The van der Waals surface area contributed by atoms with Gasteiger partial charge in [-0.15, -0.1) is 0 Å². The molecular formula is C15H24N4O2. The first kappa shape index (κ1) is 15.5. The lowest BCUT2D eigenvalue weighted by Gasteiger charge is -2.26. The van der Waals surface area contributed by atoms with Crippen molar-refractivity contribution < 1.29 is 9.59 Å². The van der Waals surface area contributed by atoms with E-state index < -0.39 is 0 Å². The van der Waals surface area contributed by atoms with Gasteiger partial charge in [0, 0.05) is 32.3 Å². The monoisotopic (exact) mass is 292 g/mol. The summed E-state index contributed by atoms with van der Waals surface area (Å²) in [5.41, 5.74) is 0.895. The predicted molar refractivity (Wildman–Crippen MR) is 79.3 cm³/mol. The highest BCUT2D eigenvalue weighted by atomic mass is 16.2. The second-order valence-electron chi connectivity index (χ2n) is 5.69. The van der Waals surface area contributed by atoms with E-state index in [1.807, 2.05) is 11.0 Å². The van der Waals surface area contributed by atoms with Crippen molar-refractivity contribution in [3.63, 3.8) is 0 Å². The molecule has 1 aliphatic rings. The van der Waals surface area contributed by atoms with Gasteiger partial charge < -0.3 is 9.80 Å². The number of aromatic nitrogens is 2. The molecule has 0 radical (unpaired) electrons. The summed E-state index contributed by atoms with van der Waals surface area (Å²) in [7, 11) is 1.77. The second-order valence-corrected chi connectivity index (χ2v) is 5.69. The highest BCUT2D eigenvalue weighted by molar-refractivity contribution is 5.89. The van der Waals surface area contributed by atoms with E-state index in [2.05, 4.69) is 24.0 Å². The summed E-state index contributed by atoms with van der Waals surface area (Å²) in [6.45, 7) is 5.22. The average molecular weight is 292 g/mol. The Labute approximate surface area is 125 Å². The van der Waals surface area contributed by atoms with Gasteiger partial charge in [0.05, 0.1) is 18.2 Å². The molecule has 1 aromatic heterocycles. The van der Waals surface area contributed by atoms with Gasteiger partial charge in [-0.3, -0.25) is 14.7 Å². The molecular weight excluding hydrogens is 268 g/mol. The van der Waals surface area contributed by atoms with E-state index in [4.69, 9.17) is 0 Å². The van der Waals surface area contributed by atoms with Crippen LogP contribution >= 0.6 is 0 Å². The maximum atomic E-state index is 12.5. The maximum Gasteiger partial charge on any atom is 0.228 e. The lowest BCUT2D eigenvalue weighted by atomic mass is 10.1. The van der Waals surface area contributed by atoms with Crippen molar-refractivity contribution in [1.82, 2.24) is 20.0 Å². The Kier molecular flexibility index (Phi) is 4.98. The molecule has 1 N–H and O–H groups in total. The summed E-state index contributed by atoms with van der Waals surface area (Å²) >= 11 is 0. The molecule has 1 unspecified atom stereocenters. The van der Waals surface area contributed by atoms with Crippen LogP contribution in [0.4, 0.5) is 0 Å². The van der Waals surface area contributed by atoms with Gasteiger partial charge in [0.2, 0.25) is 11.8 Å². The molecule has 1 atom stereocenters. The van der Waals surface area contributed by atoms with Crippen LogP contribution in [-0.4, -0.2) is 51.4 Å². The number of nitrogens with one attached hydrogen (secondary N) is 1. The third kappa shape index (κ3) is 3.43. The minimum atomic E-state index is -0.217. The van der Waals surface area contributed by atoms with Crippen LogP contribution in [0.15, 0.2) is 12.3 Å². The van der Waals surface area contributed by atoms with Gasteiger partial charge >= 0.3 is 0 Å². The van der Waals surface area contributed by atoms with Crippen LogP contribution in [0.2, 0.25) is 0 Å². The van der Waals surface area contributed by atoms with Gasteiger partial charge in [-0.2, -0.15) is 5.10 Å². The highest BCUT2D eigenvalue weighted by Crippen LogP contribution is 2.24. The Bertz CT molecular complexity index is 482. The molecule has 6 nitrogen and oxygen atoms in total. The molecule has 21 heavy (non-hydrogen) atoms. The van der Waals surface area contributed by atoms with Crippen LogP contribution in [0.5, 0.6) is 0 Å². The van der Waals surface area contributed by atoms with Crippen molar-refractivity contribution in [3.8, 4) is 0 Å². The molecule has 6 heteroatoms. The number of carbonyl (C=O) groups is 2. The van der Waals surface area contributed by atoms with Gasteiger partial charge in [0.25, 0.3) is 0 Å². The van der Waals surface area contributed by atoms with E-state index in [0.717, 1.165) is 18.5 Å². The number of likely N-dealkylation sites (tertiary alicyclic amines) is 1. The number of amides is 2. The molecule has 2 rings (SSSR count). The average Bonchev–Trinajstić information content (AvgIpc) is 3.10. The molecule has 1 aliphatic heterocycles. The Morgan fingerprint density at radius 2 is 2.24 bits per heavy atom. The number of aromatic amines is 1. The van der Waals surface area contributed by atoms with Crippen LogP contribution in [-0.2, 0) is 16.1 Å². The van der Waals surface area contributed by atoms with Crippen molar-refractivity contribution in [2.24, 2.45) is 5.92 Å². The lowest BCUT2D eigenvalue weighted by molar-refractivity contribution is -0.135. The van der Waals surface area contributed by atoms with E-state index in [1.165, 1.54) is 0 Å². The minimum absolute atomic E-state index is 0.0337. The van der Waals surface area contributed by atoms with Crippen LogP contribution in [0.1, 0.15) is 38.8 Å². The molecule has 0 aliphatic carbocycles. The SMILES string of the molecule is CCC(CC)N1CC(C(=O)N(C)Cc2ccn[nH]2)CC1=O. The number of hydrogen-bond donors (Lipinski definition) is 1. The normalized spacial score (nSPS) is 18.6. The molecule has 1 saturated heterocycles. The fourth-order valence-corrected chi connectivity index (χ4v) is 3.00. The molecule has 0 aromatic carbocycles. The van der Waals surface area contributed by atoms with Crippen LogP contribution in [0.25, 0.3) is 0 Å². The lowest BCUT2D eigenvalue weighted by Crippen LogP contribution is -2.38. The summed E-state index contributed by atoms with van der Waals surface area (Å²) in [6.07, 6.45) is 3.88. The first-order valence-electron chi connectivity index (χ1n) is 7.59. The van der Waals surface area contributed by atoms with Crippen molar-refractivity contribution in [2.75, 3.05) is 13.6 Å². The Morgan fingerprint density at radius 3 is 2.81 bits per heavy atom. The fourth-order valence-electron chi connectivity index (χ4n) is 3.00. The topological polar surface area (TPSA) is 69.3 Å². The summed E-state index contributed by atoms with van der Waals surface area (Å²) in [5, 5.41) is 6.72. The Hall–Kier alpha value is -1.85. The quantitative estimate of drug-likeness (QED) is 0.861. The number of hydrogen-bond acceptors (Lipinski definition) is 3. The second kappa shape index (κ2) is 6.74. The zero-order valence-corrected chi connectivity index (χ0v) is 13.0. The molecule has 0 bridgehead atoms. The van der Waals surface area contributed by atoms with Gasteiger partial charge in [-0.05, 0) is 18.9 Å². The summed E-state index contributed by atoms with van der Waals surface area (Å²) in [6, 6.07) is 2.10. The zero-order valence-electron chi connectivity index (χ0n) is 13.0. The van der Waals surface area contributed by atoms with E-state index in [1.54, 1.807) is 18.1 Å². The smallest absolute Gasteiger partial charge is 0.228 e. The van der Waals surface area contributed by atoms with Gasteiger partial charge in [-0.25, -0.2) is 0 Å². The summed E-state index contributed by atoms with van der Waals surface area (Å²) in [4.78, 5) is 28.2. The largest absolute Gasteiger partial charge is 0.340 e. The van der Waals surface area contributed by atoms with E-state index >= 15 is 0 Å². The van der Waals surface area contributed by atoms with E-state index in [0.29, 0.717) is 19.5 Å². The van der Waals surface area contributed by atoms with Crippen molar-refractivity contribution >= 4 is 11.8 Å². The summed E-state index contributed by atoms with van der Waals surface area (Å²) in [5.74, 6) is -0.0746. The number of rotatable bonds is 6. The first-order valence-corrected chi connectivity index (χ1v) is 7.59. The number of carbonyl (C=O) groups excluding carboxylic acids is 2. The molecule has 0 saturated carbocycles. The highest BCUT2D eigenvalue weighted by Gasteiger charge is 2.37. The molecule has 1 aromatic rings. The minimum Gasteiger partial charge on any atom is -0.340 e. The van der Waals surface area contributed by atoms with Crippen LogP contribution in [0, 0.1) is 5.92 Å². The number of H-pyrrole nitrogens is 1. The molecule has 1 fully saturated rings. The van der Waals surface area contributed by atoms with Gasteiger partial charge in [0.1, 0.15) is 0 Å². The standard InChI is InChI=1S/C15H24N4O2/c1-4-13(5-2)19-9-11(8-14(19)20)15(21)18(3)10-12-6-7-16-17-12/h6-7,11,13H,4-5,8-10H2,1-3H3,(H,16,17). The predicted octanol–water partition coefficient (Wildman–Crippen LogP) is 1.41. The molecule has 2 heterocycles. The van der Waals surface area contributed by atoms with Crippen LogP contribution < -0.4 is 0 Å².